The SMILES string of the molecule is Cc1ccc(-n2nc(C(=O)N3CCN(c4cccc(C(F)(F)F)c4)CC3)c3ncn(C)c(=O)c32)cc1. The number of hydrogen-bond acceptors (Lipinski definition) is 5. The number of fused-ring (bicyclic) bond motifs is 1. The molecule has 2 aromatic heterocycles. The van der Waals surface area contributed by atoms with Gasteiger partial charge >= 0.3 is 6.18 Å². The summed E-state index contributed by atoms with van der Waals surface area (Å²) in [7, 11) is 1.58. The monoisotopic (exact) mass is 496 g/mol. The highest BCUT2D eigenvalue weighted by atomic mass is 19.4. The number of hydrogen-bond donors (Lipinski definition) is 0. The van der Waals surface area contributed by atoms with Crippen LogP contribution in [0.5, 0.6) is 0 Å². The lowest BCUT2D eigenvalue weighted by Gasteiger charge is -2.36. The number of benzene rings is 2. The first-order chi connectivity index (χ1) is 17.1. The van der Waals surface area contributed by atoms with Gasteiger partial charge in [-0.25, -0.2) is 9.67 Å². The Balaban J connectivity index is 1.43. The van der Waals surface area contributed by atoms with Crippen LogP contribution in [0.3, 0.4) is 0 Å². The molecular weight excluding hydrogens is 473 g/mol. The summed E-state index contributed by atoms with van der Waals surface area (Å²) < 4.78 is 42.1. The summed E-state index contributed by atoms with van der Waals surface area (Å²) in [5.74, 6) is -0.379. The highest BCUT2D eigenvalue weighted by Gasteiger charge is 2.32. The Labute approximate surface area is 204 Å². The van der Waals surface area contributed by atoms with Crippen molar-refractivity contribution in [3.05, 3.63) is 82.0 Å². The molecule has 4 aromatic rings. The van der Waals surface area contributed by atoms with Crippen LogP contribution in [0.25, 0.3) is 16.7 Å². The summed E-state index contributed by atoms with van der Waals surface area (Å²) in [4.78, 5) is 34.2. The lowest BCUT2D eigenvalue weighted by molar-refractivity contribution is -0.137. The maximum atomic E-state index is 13.5. The Morgan fingerprint density at radius 1 is 0.972 bits per heavy atom. The van der Waals surface area contributed by atoms with Crippen LogP contribution in [0.4, 0.5) is 18.9 Å². The molecular formula is C25H23F3N6O2. The standard InChI is InChI=1S/C25H23F3N6O2/c1-16-6-8-18(9-7-16)34-22-20(29-15-31(2)24(22)36)21(30-34)23(35)33-12-10-32(11-13-33)19-5-3-4-17(14-19)25(26,27)28/h3-9,14-15H,10-13H2,1-2H3. The van der Waals surface area contributed by atoms with Gasteiger partial charge in [0.05, 0.1) is 17.6 Å². The van der Waals surface area contributed by atoms with Gasteiger partial charge in [0, 0.05) is 38.9 Å². The summed E-state index contributed by atoms with van der Waals surface area (Å²) in [6.07, 6.45) is -3.07. The molecule has 0 unspecified atom stereocenters. The number of anilines is 1. The van der Waals surface area contributed by atoms with E-state index < -0.39 is 11.7 Å². The van der Waals surface area contributed by atoms with E-state index in [4.69, 9.17) is 0 Å². The first-order valence-corrected chi connectivity index (χ1v) is 11.4. The second-order valence-corrected chi connectivity index (χ2v) is 8.78. The molecule has 3 heterocycles. The van der Waals surface area contributed by atoms with Crippen molar-refractivity contribution in [1.29, 1.82) is 0 Å². The minimum absolute atomic E-state index is 0.0655. The molecule has 0 radical (unpaired) electrons. The van der Waals surface area contributed by atoms with E-state index in [0.717, 1.165) is 17.7 Å². The van der Waals surface area contributed by atoms with Crippen LogP contribution in [0.2, 0.25) is 0 Å². The van der Waals surface area contributed by atoms with Crippen LogP contribution in [0.1, 0.15) is 21.6 Å². The first kappa shape index (κ1) is 23.6. The lowest BCUT2D eigenvalue weighted by Crippen LogP contribution is -2.49. The van der Waals surface area contributed by atoms with E-state index in [1.165, 1.54) is 21.6 Å². The molecule has 186 valence electrons. The molecule has 0 N–H and O–H groups in total. The van der Waals surface area contributed by atoms with E-state index in [1.54, 1.807) is 18.0 Å². The van der Waals surface area contributed by atoms with E-state index in [1.807, 2.05) is 36.1 Å². The van der Waals surface area contributed by atoms with Gasteiger partial charge in [-0.15, -0.1) is 0 Å². The van der Waals surface area contributed by atoms with Crippen molar-refractivity contribution in [3.8, 4) is 5.69 Å². The number of carbonyl (C=O) groups is 1. The Morgan fingerprint density at radius 3 is 2.33 bits per heavy atom. The Morgan fingerprint density at radius 2 is 1.67 bits per heavy atom. The number of alkyl halides is 3. The third-order valence-corrected chi connectivity index (χ3v) is 6.33. The molecule has 2 aromatic carbocycles. The number of rotatable bonds is 3. The second kappa shape index (κ2) is 8.81. The smallest absolute Gasteiger partial charge is 0.368 e. The van der Waals surface area contributed by atoms with Gasteiger partial charge in [-0.3, -0.25) is 9.59 Å². The van der Waals surface area contributed by atoms with E-state index in [2.05, 4.69) is 10.1 Å². The van der Waals surface area contributed by atoms with Gasteiger partial charge < -0.3 is 14.4 Å². The second-order valence-electron chi connectivity index (χ2n) is 8.78. The number of aryl methyl sites for hydroxylation is 2. The normalized spacial score (nSPS) is 14.5. The fourth-order valence-corrected chi connectivity index (χ4v) is 4.30. The van der Waals surface area contributed by atoms with Crippen molar-refractivity contribution in [2.45, 2.75) is 13.1 Å². The van der Waals surface area contributed by atoms with Crippen LogP contribution in [-0.2, 0) is 13.2 Å². The van der Waals surface area contributed by atoms with E-state index >= 15 is 0 Å². The number of nitrogens with zero attached hydrogens (tertiary/aromatic N) is 6. The summed E-state index contributed by atoms with van der Waals surface area (Å²) in [6, 6.07) is 12.6. The van der Waals surface area contributed by atoms with Crippen LogP contribution in [-0.4, -0.2) is 56.3 Å². The Bertz CT molecular complexity index is 1500. The largest absolute Gasteiger partial charge is 0.416 e. The van der Waals surface area contributed by atoms with Crippen molar-refractivity contribution >= 4 is 22.6 Å². The van der Waals surface area contributed by atoms with Crippen LogP contribution in [0.15, 0.2) is 59.7 Å². The van der Waals surface area contributed by atoms with Gasteiger partial charge in [0.25, 0.3) is 11.5 Å². The first-order valence-electron chi connectivity index (χ1n) is 11.4. The number of halogens is 3. The molecule has 5 rings (SSSR count). The maximum Gasteiger partial charge on any atom is 0.416 e. The fraction of sp³-hybridized carbons (Fsp3) is 0.280. The van der Waals surface area contributed by atoms with Gasteiger partial charge in [-0.05, 0) is 37.3 Å². The van der Waals surface area contributed by atoms with Crippen molar-refractivity contribution in [1.82, 2.24) is 24.2 Å². The number of piperazine rings is 1. The van der Waals surface area contributed by atoms with Crippen molar-refractivity contribution < 1.29 is 18.0 Å². The van der Waals surface area contributed by atoms with Crippen LogP contribution < -0.4 is 10.5 Å². The number of amides is 1. The van der Waals surface area contributed by atoms with Crippen molar-refractivity contribution in [2.24, 2.45) is 7.05 Å². The van der Waals surface area contributed by atoms with Crippen molar-refractivity contribution in [3.63, 3.8) is 0 Å². The third kappa shape index (κ3) is 4.21. The third-order valence-electron chi connectivity index (χ3n) is 6.33. The maximum absolute atomic E-state index is 13.5. The van der Waals surface area contributed by atoms with E-state index in [0.29, 0.717) is 37.6 Å². The Kier molecular flexibility index (Phi) is 5.77. The highest BCUT2D eigenvalue weighted by Crippen LogP contribution is 2.32. The van der Waals surface area contributed by atoms with Gasteiger partial charge in [-0.1, -0.05) is 23.8 Å². The summed E-state index contributed by atoms with van der Waals surface area (Å²) in [6.45, 7) is 3.24. The lowest BCUT2D eigenvalue weighted by atomic mass is 10.1. The molecule has 11 heteroatoms. The Hall–Kier alpha value is -4.15. The molecule has 8 nitrogen and oxygen atoms in total. The number of carbonyl (C=O) groups excluding carboxylic acids is 1. The molecule has 0 bridgehead atoms. The fourth-order valence-electron chi connectivity index (χ4n) is 4.30. The van der Waals surface area contributed by atoms with Gasteiger partial charge in [-0.2, -0.15) is 18.3 Å². The molecule has 36 heavy (non-hydrogen) atoms. The molecule has 1 fully saturated rings. The summed E-state index contributed by atoms with van der Waals surface area (Å²) in [5.41, 5.74) is 1.56. The zero-order chi connectivity index (χ0) is 25.6. The minimum Gasteiger partial charge on any atom is -0.368 e. The van der Waals surface area contributed by atoms with E-state index in [9.17, 15) is 22.8 Å². The quantitative estimate of drug-likeness (QED) is 0.435. The van der Waals surface area contributed by atoms with Crippen molar-refractivity contribution in [2.75, 3.05) is 31.1 Å². The predicted octanol–water partition coefficient (Wildman–Crippen LogP) is 3.41. The molecule has 0 saturated carbocycles. The zero-order valence-electron chi connectivity index (χ0n) is 19.7. The summed E-state index contributed by atoms with van der Waals surface area (Å²) >= 11 is 0. The topological polar surface area (TPSA) is 76.3 Å². The zero-order valence-corrected chi connectivity index (χ0v) is 19.7. The van der Waals surface area contributed by atoms with Crippen LogP contribution >= 0.6 is 0 Å². The molecule has 1 aliphatic rings. The summed E-state index contributed by atoms with van der Waals surface area (Å²) in [5, 5.41) is 4.49. The molecule has 1 amide bonds. The molecule has 1 aliphatic heterocycles. The van der Waals surface area contributed by atoms with Gasteiger partial charge in [0.1, 0.15) is 5.52 Å². The van der Waals surface area contributed by atoms with E-state index in [-0.39, 0.29) is 28.2 Å². The average molecular weight is 496 g/mol. The number of aromatic nitrogens is 4. The highest BCUT2D eigenvalue weighted by molar-refractivity contribution is 6.03. The average Bonchev–Trinajstić information content (AvgIpc) is 3.26. The van der Waals surface area contributed by atoms with Gasteiger partial charge in [0.15, 0.2) is 11.2 Å². The molecule has 0 aliphatic carbocycles. The van der Waals surface area contributed by atoms with Gasteiger partial charge in [0.2, 0.25) is 0 Å². The molecule has 0 spiro atoms. The predicted molar refractivity (Wildman–Crippen MR) is 128 cm³/mol. The minimum atomic E-state index is -4.42. The molecule has 0 atom stereocenters. The molecule has 1 saturated heterocycles. The van der Waals surface area contributed by atoms with Crippen LogP contribution in [0, 0.1) is 6.92 Å².